The first kappa shape index (κ1) is 15.9. The molecule has 0 fully saturated rings. The molecule has 0 spiro atoms. The van der Waals surface area contributed by atoms with E-state index in [0.717, 1.165) is 4.90 Å². The molecule has 0 aliphatic carbocycles. The molecule has 4 nitrogen and oxygen atoms in total. The van der Waals surface area contributed by atoms with E-state index >= 15 is 0 Å². The van der Waals surface area contributed by atoms with Crippen molar-refractivity contribution in [3.8, 4) is 0 Å². The van der Waals surface area contributed by atoms with E-state index in [4.69, 9.17) is 11.6 Å². The van der Waals surface area contributed by atoms with Crippen LogP contribution in [0.3, 0.4) is 0 Å². The lowest BCUT2D eigenvalue weighted by Crippen LogP contribution is -2.32. The summed E-state index contributed by atoms with van der Waals surface area (Å²) >= 11 is 7.23. The summed E-state index contributed by atoms with van der Waals surface area (Å²) in [7, 11) is 1.32. The molecule has 6 heteroatoms. The molecule has 1 N–H and O–H groups in total. The Morgan fingerprint density at radius 1 is 1.37 bits per heavy atom. The lowest BCUT2D eigenvalue weighted by molar-refractivity contribution is -0.140. The number of rotatable bonds is 6. The highest BCUT2D eigenvalue weighted by molar-refractivity contribution is 8.00. The van der Waals surface area contributed by atoms with Crippen LogP contribution in [0, 0.1) is 0 Å². The maximum atomic E-state index is 11.8. The van der Waals surface area contributed by atoms with E-state index in [1.54, 1.807) is 12.1 Å². The van der Waals surface area contributed by atoms with Crippen molar-refractivity contribution in [3.63, 3.8) is 0 Å². The molecule has 104 valence electrons. The van der Waals surface area contributed by atoms with Crippen molar-refractivity contribution >= 4 is 35.2 Å². The van der Waals surface area contributed by atoms with Gasteiger partial charge >= 0.3 is 5.97 Å². The Bertz CT molecular complexity index is 436. The van der Waals surface area contributed by atoms with Crippen LogP contribution in [-0.2, 0) is 14.3 Å². The van der Waals surface area contributed by atoms with Crippen LogP contribution < -0.4 is 5.32 Å². The summed E-state index contributed by atoms with van der Waals surface area (Å²) in [6.07, 6.45) is 0.181. The van der Waals surface area contributed by atoms with Crippen LogP contribution in [-0.4, -0.2) is 30.8 Å². The van der Waals surface area contributed by atoms with Gasteiger partial charge in [0.25, 0.3) is 0 Å². The van der Waals surface area contributed by atoms with Crippen LogP contribution >= 0.6 is 23.4 Å². The van der Waals surface area contributed by atoms with Crippen molar-refractivity contribution in [2.75, 3.05) is 13.7 Å². The maximum absolute atomic E-state index is 11.8. The summed E-state index contributed by atoms with van der Waals surface area (Å²) in [4.78, 5) is 23.6. The summed E-state index contributed by atoms with van der Waals surface area (Å²) in [6.45, 7) is 2.10. The summed E-state index contributed by atoms with van der Waals surface area (Å²) in [5.41, 5.74) is 0. The van der Waals surface area contributed by atoms with Crippen LogP contribution in [0.1, 0.15) is 13.3 Å². The zero-order valence-corrected chi connectivity index (χ0v) is 12.4. The summed E-state index contributed by atoms with van der Waals surface area (Å²) in [5.74, 6) is -0.442. The van der Waals surface area contributed by atoms with E-state index in [-0.39, 0.29) is 30.1 Å². The summed E-state index contributed by atoms with van der Waals surface area (Å²) < 4.78 is 4.49. The Labute approximate surface area is 121 Å². The van der Waals surface area contributed by atoms with Crippen molar-refractivity contribution in [1.82, 2.24) is 5.32 Å². The molecule has 1 amide bonds. The van der Waals surface area contributed by atoms with Crippen LogP contribution in [0.4, 0.5) is 0 Å². The molecule has 19 heavy (non-hydrogen) atoms. The first-order valence-corrected chi connectivity index (χ1v) is 7.05. The minimum absolute atomic E-state index is 0.108. The molecule has 0 bridgehead atoms. The molecule has 0 aliphatic heterocycles. The van der Waals surface area contributed by atoms with E-state index in [1.807, 2.05) is 19.1 Å². The molecule has 0 saturated heterocycles. The third kappa shape index (κ3) is 5.98. The van der Waals surface area contributed by atoms with Gasteiger partial charge in [0.15, 0.2) is 0 Å². The number of esters is 1. The average Bonchev–Trinajstić information content (AvgIpc) is 2.40. The lowest BCUT2D eigenvalue weighted by atomic mass is 10.4. The van der Waals surface area contributed by atoms with E-state index in [2.05, 4.69) is 10.1 Å². The van der Waals surface area contributed by atoms with Gasteiger partial charge in [0.2, 0.25) is 5.91 Å². The third-order valence-corrected chi connectivity index (χ3v) is 3.72. The standard InChI is InChI=1S/C13H16ClNO3S/c1-9(13(17)15-8-7-12(16)18-2)19-11-5-3-10(14)4-6-11/h3-6,9H,7-8H2,1-2H3,(H,15,17). The number of methoxy groups -OCH3 is 1. The Kier molecular flexibility index (Phi) is 6.73. The molecule has 0 aromatic heterocycles. The van der Waals surface area contributed by atoms with Gasteiger partial charge in [-0.3, -0.25) is 9.59 Å². The molecule has 0 radical (unpaired) electrons. The lowest BCUT2D eigenvalue weighted by Gasteiger charge is -2.11. The molecular weight excluding hydrogens is 286 g/mol. The Morgan fingerprint density at radius 3 is 2.58 bits per heavy atom. The topological polar surface area (TPSA) is 55.4 Å². The molecule has 0 saturated carbocycles. The molecule has 0 aliphatic rings. The van der Waals surface area contributed by atoms with Crippen LogP contribution in [0.15, 0.2) is 29.2 Å². The summed E-state index contributed by atoms with van der Waals surface area (Å²) in [5, 5.41) is 3.12. The molecule has 1 rings (SSSR count). The molecule has 1 aromatic carbocycles. The van der Waals surface area contributed by atoms with Crippen molar-refractivity contribution in [2.24, 2.45) is 0 Å². The van der Waals surface area contributed by atoms with Crippen LogP contribution in [0.2, 0.25) is 5.02 Å². The second-order valence-corrected chi connectivity index (χ2v) is 5.68. The smallest absolute Gasteiger partial charge is 0.307 e. The molecule has 0 heterocycles. The number of ether oxygens (including phenoxy) is 1. The van der Waals surface area contributed by atoms with Crippen LogP contribution in [0.25, 0.3) is 0 Å². The Balaban J connectivity index is 2.36. The second-order valence-electron chi connectivity index (χ2n) is 3.83. The number of benzene rings is 1. The Morgan fingerprint density at radius 2 is 2.00 bits per heavy atom. The van der Waals surface area contributed by atoms with E-state index in [9.17, 15) is 9.59 Å². The highest BCUT2D eigenvalue weighted by Crippen LogP contribution is 2.24. The van der Waals surface area contributed by atoms with Crippen molar-refractivity contribution in [1.29, 1.82) is 0 Å². The predicted octanol–water partition coefficient (Wildman–Crippen LogP) is 2.50. The second kappa shape index (κ2) is 8.07. The van der Waals surface area contributed by atoms with Gasteiger partial charge in [0, 0.05) is 16.5 Å². The van der Waals surface area contributed by atoms with E-state index in [0.29, 0.717) is 5.02 Å². The van der Waals surface area contributed by atoms with Gasteiger partial charge in [0.1, 0.15) is 0 Å². The fraction of sp³-hybridized carbons (Fsp3) is 0.385. The van der Waals surface area contributed by atoms with Gasteiger partial charge in [-0.2, -0.15) is 0 Å². The number of hydrogen-bond acceptors (Lipinski definition) is 4. The fourth-order valence-corrected chi connectivity index (χ4v) is 2.32. The first-order valence-electron chi connectivity index (χ1n) is 5.79. The highest BCUT2D eigenvalue weighted by Gasteiger charge is 2.14. The predicted molar refractivity (Wildman–Crippen MR) is 76.4 cm³/mol. The van der Waals surface area contributed by atoms with Gasteiger partial charge in [-0.1, -0.05) is 11.6 Å². The Hall–Kier alpha value is -1.20. The van der Waals surface area contributed by atoms with Crippen molar-refractivity contribution in [3.05, 3.63) is 29.3 Å². The quantitative estimate of drug-likeness (QED) is 0.648. The number of thioether (sulfide) groups is 1. The van der Waals surface area contributed by atoms with Gasteiger partial charge in [0.05, 0.1) is 18.8 Å². The SMILES string of the molecule is COC(=O)CCNC(=O)C(C)Sc1ccc(Cl)cc1. The number of hydrogen-bond donors (Lipinski definition) is 1. The fourth-order valence-electron chi connectivity index (χ4n) is 1.30. The van der Waals surface area contributed by atoms with Crippen molar-refractivity contribution < 1.29 is 14.3 Å². The number of halogens is 1. The van der Waals surface area contributed by atoms with Gasteiger partial charge < -0.3 is 10.1 Å². The van der Waals surface area contributed by atoms with E-state index < -0.39 is 0 Å². The minimum atomic E-state index is -0.335. The summed E-state index contributed by atoms with van der Waals surface area (Å²) in [6, 6.07) is 7.30. The first-order chi connectivity index (χ1) is 9.02. The minimum Gasteiger partial charge on any atom is -0.469 e. The zero-order valence-electron chi connectivity index (χ0n) is 10.8. The number of carbonyl (C=O) groups is 2. The third-order valence-electron chi connectivity index (χ3n) is 2.35. The number of amides is 1. The largest absolute Gasteiger partial charge is 0.469 e. The molecule has 1 unspecified atom stereocenters. The van der Waals surface area contributed by atoms with Gasteiger partial charge in [-0.25, -0.2) is 0 Å². The molecule has 1 aromatic rings. The highest BCUT2D eigenvalue weighted by atomic mass is 35.5. The monoisotopic (exact) mass is 301 g/mol. The van der Waals surface area contributed by atoms with Gasteiger partial charge in [-0.05, 0) is 31.2 Å². The normalized spacial score (nSPS) is 11.7. The molecular formula is C13H16ClNO3S. The average molecular weight is 302 g/mol. The molecule has 1 atom stereocenters. The van der Waals surface area contributed by atoms with Gasteiger partial charge in [-0.15, -0.1) is 11.8 Å². The van der Waals surface area contributed by atoms with E-state index in [1.165, 1.54) is 18.9 Å². The number of carbonyl (C=O) groups excluding carboxylic acids is 2. The number of nitrogens with one attached hydrogen (secondary N) is 1. The van der Waals surface area contributed by atoms with Crippen LogP contribution in [0.5, 0.6) is 0 Å². The van der Waals surface area contributed by atoms with Crippen molar-refractivity contribution in [2.45, 2.75) is 23.5 Å². The zero-order chi connectivity index (χ0) is 14.3. The maximum Gasteiger partial charge on any atom is 0.307 e.